The number of carbonyl (C=O) groups excluding carboxylic acids is 1. The van der Waals surface area contributed by atoms with Crippen molar-refractivity contribution in [2.24, 2.45) is 5.73 Å². The average molecular weight is 249 g/mol. The zero-order chi connectivity index (χ0) is 13.7. The molecule has 0 saturated heterocycles. The zero-order valence-electron chi connectivity index (χ0n) is 10.9. The van der Waals surface area contributed by atoms with Crippen LogP contribution in [0.15, 0.2) is 24.3 Å². The van der Waals surface area contributed by atoms with Crippen LogP contribution in [-0.2, 0) is 11.3 Å². The number of nitrogens with one attached hydrogen (secondary N) is 1. The van der Waals surface area contributed by atoms with Gasteiger partial charge >= 0.3 is 6.09 Å². The molecule has 1 rings (SSSR count). The zero-order valence-corrected chi connectivity index (χ0v) is 10.9. The standard InChI is InChI=1S/C13H19N3O2/c1-9(2)18-13(17)16(3)8-10-5-4-6-11(7-10)12(14)15/h4-7,9H,8H2,1-3H3,(H3,14,15). The highest BCUT2D eigenvalue weighted by Gasteiger charge is 2.12. The Kier molecular flexibility index (Phi) is 4.71. The number of hydrogen-bond acceptors (Lipinski definition) is 3. The highest BCUT2D eigenvalue weighted by molar-refractivity contribution is 5.95. The van der Waals surface area contributed by atoms with Crippen molar-refractivity contribution in [1.29, 1.82) is 5.41 Å². The van der Waals surface area contributed by atoms with E-state index in [0.717, 1.165) is 5.56 Å². The van der Waals surface area contributed by atoms with Gasteiger partial charge in [-0.2, -0.15) is 0 Å². The number of amides is 1. The topological polar surface area (TPSA) is 79.4 Å². The summed E-state index contributed by atoms with van der Waals surface area (Å²) in [5, 5.41) is 7.36. The summed E-state index contributed by atoms with van der Waals surface area (Å²) in [6.07, 6.45) is -0.498. The third-order valence-corrected chi connectivity index (χ3v) is 2.31. The minimum Gasteiger partial charge on any atom is -0.447 e. The van der Waals surface area contributed by atoms with E-state index in [0.29, 0.717) is 12.1 Å². The van der Waals surface area contributed by atoms with Crippen LogP contribution < -0.4 is 5.73 Å². The lowest BCUT2D eigenvalue weighted by atomic mass is 10.1. The van der Waals surface area contributed by atoms with Crippen LogP contribution in [0.5, 0.6) is 0 Å². The van der Waals surface area contributed by atoms with Crippen LogP contribution in [0, 0.1) is 5.41 Å². The Hall–Kier alpha value is -2.04. The fourth-order valence-electron chi connectivity index (χ4n) is 1.47. The van der Waals surface area contributed by atoms with Gasteiger partial charge in [-0.1, -0.05) is 18.2 Å². The van der Waals surface area contributed by atoms with E-state index in [1.165, 1.54) is 4.90 Å². The molecule has 0 aliphatic carbocycles. The van der Waals surface area contributed by atoms with Crippen LogP contribution in [0.1, 0.15) is 25.0 Å². The van der Waals surface area contributed by atoms with E-state index in [9.17, 15) is 4.79 Å². The van der Waals surface area contributed by atoms with E-state index in [-0.39, 0.29) is 18.0 Å². The van der Waals surface area contributed by atoms with E-state index in [1.807, 2.05) is 26.0 Å². The van der Waals surface area contributed by atoms with Crippen molar-refractivity contribution in [3.8, 4) is 0 Å². The van der Waals surface area contributed by atoms with E-state index in [4.69, 9.17) is 15.9 Å². The number of nitrogens with zero attached hydrogens (tertiary/aromatic N) is 1. The van der Waals surface area contributed by atoms with Crippen molar-refractivity contribution >= 4 is 11.9 Å². The molecule has 0 fully saturated rings. The van der Waals surface area contributed by atoms with Crippen LogP contribution in [-0.4, -0.2) is 30.0 Å². The van der Waals surface area contributed by atoms with Crippen molar-refractivity contribution in [2.45, 2.75) is 26.5 Å². The molecule has 18 heavy (non-hydrogen) atoms. The Morgan fingerprint density at radius 3 is 2.72 bits per heavy atom. The largest absolute Gasteiger partial charge is 0.447 e. The number of rotatable bonds is 4. The molecular weight excluding hydrogens is 230 g/mol. The Morgan fingerprint density at radius 1 is 1.50 bits per heavy atom. The molecule has 0 aliphatic heterocycles. The summed E-state index contributed by atoms with van der Waals surface area (Å²) in [4.78, 5) is 13.1. The summed E-state index contributed by atoms with van der Waals surface area (Å²) < 4.78 is 5.08. The van der Waals surface area contributed by atoms with Crippen LogP contribution in [0.4, 0.5) is 4.79 Å². The van der Waals surface area contributed by atoms with Gasteiger partial charge < -0.3 is 15.4 Å². The summed E-state index contributed by atoms with van der Waals surface area (Å²) in [7, 11) is 1.67. The van der Waals surface area contributed by atoms with Crippen LogP contribution in [0.2, 0.25) is 0 Å². The molecule has 98 valence electrons. The average Bonchev–Trinajstić information content (AvgIpc) is 2.28. The van der Waals surface area contributed by atoms with E-state index < -0.39 is 0 Å². The Bertz CT molecular complexity index is 444. The van der Waals surface area contributed by atoms with Crippen molar-refractivity contribution in [2.75, 3.05) is 7.05 Å². The Morgan fingerprint density at radius 2 is 2.17 bits per heavy atom. The molecule has 0 aromatic heterocycles. The van der Waals surface area contributed by atoms with Crippen LogP contribution in [0.3, 0.4) is 0 Å². The first-order valence-electron chi connectivity index (χ1n) is 5.75. The number of nitrogens with two attached hydrogens (primary N) is 1. The van der Waals surface area contributed by atoms with Gasteiger partial charge in [0.1, 0.15) is 5.84 Å². The first kappa shape index (κ1) is 14.0. The summed E-state index contributed by atoms with van der Waals surface area (Å²) in [5.74, 6) is 0.0178. The number of hydrogen-bond donors (Lipinski definition) is 2. The minimum absolute atomic E-state index is 0.0178. The maximum atomic E-state index is 11.6. The first-order valence-corrected chi connectivity index (χ1v) is 5.75. The molecule has 5 heteroatoms. The molecule has 0 atom stereocenters. The minimum atomic E-state index is -0.363. The summed E-state index contributed by atoms with van der Waals surface area (Å²) >= 11 is 0. The molecule has 1 aromatic rings. The molecule has 3 N–H and O–H groups in total. The monoisotopic (exact) mass is 249 g/mol. The molecule has 5 nitrogen and oxygen atoms in total. The highest BCUT2D eigenvalue weighted by atomic mass is 16.6. The quantitative estimate of drug-likeness (QED) is 0.632. The SMILES string of the molecule is CC(C)OC(=O)N(C)Cc1cccc(C(=N)N)c1. The van der Waals surface area contributed by atoms with Crippen molar-refractivity contribution < 1.29 is 9.53 Å². The second-order valence-electron chi connectivity index (χ2n) is 4.40. The number of benzene rings is 1. The van der Waals surface area contributed by atoms with E-state index in [1.54, 1.807) is 19.2 Å². The molecule has 0 spiro atoms. The number of ether oxygens (including phenoxy) is 1. The van der Waals surface area contributed by atoms with Crippen LogP contribution in [0.25, 0.3) is 0 Å². The fourth-order valence-corrected chi connectivity index (χ4v) is 1.47. The Labute approximate surface area is 107 Å². The van der Waals surface area contributed by atoms with E-state index >= 15 is 0 Å². The highest BCUT2D eigenvalue weighted by Crippen LogP contribution is 2.08. The smallest absolute Gasteiger partial charge is 0.410 e. The van der Waals surface area contributed by atoms with Gasteiger partial charge in [-0.15, -0.1) is 0 Å². The number of nitrogen functional groups attached to an aromatic ring is 1. The second-order valence-corrected chi connectivity index (χ2v) is 4.40. The van der Waals surface area contributed by atoms with Gasteiger partial charge in [0.2, 0.25) is 0 Å². The molecule has 1 aromatic carbocycles. The van der Waals surface area contributed by atoms with Gasteiger partial charge in [0, 0.05) is 19.2 Å². The number of amidine groups is 1. The molecule has 0 saturated carbocycles. The van der Waals surface area contributed by atoms with Gasteiger partial charge in [0.25, 0.3) is 0 Å². The molecule has 0 aliphatic rings. The molecule has 1 amide bonds. The predicted octanol–water partition coefficient (Wildman–Crippen LogP) is 1.95. The van der Waals surface area contributed by atoms with Crippen LogP contribution >= 0.6 is 0 Å². The fraction of sp³-hybridized carbons (Fsp3) is 0.385. The second kappa shape index (κ2) is 6.05. The molecular formula is C13H19N3O2. The van der Waals surface area contributed by atoms with Gasteiger partial charge in [-0.3, -0.25) is 5.41 Å². The van der Waals surface area contributed by atoms with E-state index in [2.05, 4.69) is 0 Å². The summed E-state index contributed by atoms with van der Waals surface area (Å²) in [6.45, 7) is 4.04. The van der Waals surface area contributed by atoms with Crippen molar-refractivity contribution in [3.63, 3.8) is 0 Å². The maximum absolute atomic E-state index is 11.6. The Balaban J connectivity index is 2.69. The lowest BCUT2D eigenvalue weighted by Gasteiger charge is -2.19. The maximum Gasteiger partial charge on any atom is 0.410 e. The van der Waals surface area contributed by atoms with Gasteiger partial charge in [0.05, 0.1) is 6.10 Å². The third-order valence-electron chi connectivity index (χ3n) is 2.31. The summed E-state index contributed by atoms with van der Waals surface area (Å²) in [5.41, 5.74) is 6.98. The molecule has 0 radical (unpaired) electrons. The van der Waals surface area contributed by atoms with Gasteiger partial charge in [-0.05, 0) is 25.5 Å². The third kappa shape index (κ3) is 4.08. The first-order chi connectivity index (χ1) is 8.40. The van der Waals surface area contributed by atoms with Gasteiger partial charge in [0.15, 0.2) is 0 Å². The van der Waals surface area contributed by atoms with Crippen molar-refractivity contribution in [3.05, 3.63) is 35.4 Å². The molecule has 0 bridgehead atoms. The lowest BCUT2D eigenvalue weighted by Crippen LogP contribution is -2.29. The lowest BCUT2D eigenvalue weighted by molar-refractivity contribution is 0.0822. The predicted molar refractivity (Wildman–Crippen MR) is 70.5 cm³/mol. The summed E-state index contributed by atoms with van der Waals surface area (Å²) in [6, 6.07) is 7.25. The van der Waals surface area contributed by atoms with Crippen molar-refractivity contribution in [1.82, 2.24) is 4.90 Å². The van der Waals surface area contributed by atoms with Gasteiger partial charge in [-0.25, -0.2) is 4.79 Å². The molecule has 0 unspecified atom stereocenters. The normalized spacial score (nSPS) is 10.2. The molecule has 0 heterocycles. The number of carbonyl (C=O) groups is 1.